The Morgan fingerprint density at radius 2 is 1.94 bits per heavy atom. The lowest BCUT2D eigenvalue weighted by atomic mass is 10.2. The predicted molar refractivity (Wildman–Crippen MR) is 116 cm³/mol. The first kappa shape index (κ1) is 23.9. The van der Waals surface area contributed by atoms with Crippen LogP contribution in [0.5, 0.6) is 5.88 Å². The van der Waals surface area contributed by atoms with Crippen LogP contribution in [0.15, 0.2) is 24.4 Å². The van der Waals surface area contributed by atoms with Crippen LogP contribution in [0.25, 0.3) is 5.65 Å². The van der Waals surface area contributed by atoms with Gasteiger partial charge in [-0.05, 0) is 38.8 Å². The number of fused-ring (bicyclic) bond motifs is 1. The number of amides is 1. The Balaban J connectivity index is 1.50. The number of aryl methyl sites for hydroxylation is 2. The van der Waals surface area contributed by atoms with Gasteiger partial charge in [-0.3, -0.25) is 14.1 Å². The van der Waals surface area contributed by atoms with E-state index in [0.717, 1.165) is 25.0 Å². The van der Waals surface area contributed by atoms with Crippen LogP contribution in [0.1, 0.15) is 40.3 Å². The molecule has 2 heterocycles. The van der Waals surface area contributed by atoms with Crippen molar-refractivity contribution >= 4 is 11.6 Å². The summed E-state index contributed by atoms with van der Waals surface area (Å²) in [4.78, 5) is 23.3. The van der Waals surface area contributed by atoms with Gasteiger partial charge in [-0.15, -0.1) is 0 Å². The number of hydrogen-bond donors (Lipinski definition) is 1. The van der Waals surface area contributed by atoms with Crippen molar-refractivity contribution in [3.05, 3.63) is 58.7 Å². The normalized spacial score (nSPS) is 13.8. The van der Waals surface area contributed by atoms with Crippen LogP contribution in [0, 0.1) is 25.5 Å². The summed E-state index contributed by atoms with van der Waals surface area (Å²) < 4.78 is 60.6. The predicted octanol–water partition coefficient (Wildman–Crippen LogP) is 3.66. The Labute approximate surface area is 193 Å². The maximum absolute atomic E-state index is 14.0. The van der Waals surface area contributed by atoms with Gasteiger partial charge in [-0.1, -0.05) is 6.07 Å². The highest BCUT2D eigenvalue weighted by Crippen LogP contribution is 2.27. The Bertz CT molecular complexity index is 1180. The number of aromatic nitrogens is 3. The van der Waals surface area contributed by atoms with Gasteiger partial charge in [0, 0.05) is 25.3 Å². The highest BCUT2D eigenvalue weighted by atomic mass is 19.3. The van der Waals surface area contributed by atoms with Crippen LogP contribution in [-0.4, -0.2) is 57.3 Å². The van der Waals surface area contributed by atoms with Gasteiger partial charge in [-0.2, -0.15) is 0 Å². The minimum absolute atomic E-state index is 0.0293. The zero-order valence-electron chi connectivity index (χ0n) is 18.8. The third-order valence-corrected chi connectivity index (χ3v) is 5.62. The fourth-order valence-electron chi connectivity index (χ4n) is 3.87. The van der Waals surface area contributed by atoms with E-state index in [2.05, 4.69) is 15.3 Å². The first-order chi connectivity index (χ1) is 16.2. The van der Waals surface area contributed by atoms with Gasteiger partial charge in [0.2, 0.25) is 5.65 Å². The summed E-state index contributed by atoms with van der Waals surface area (Å²) in [5.74, 6) is -1.87. The molecule has 1 N–H and O–H groups in total. The van der Waals surface area contributed by atoms with Gasteiger partial charge in [0.25, 0.3) is 18.2 Å². The first-order valence-corrected chi connectivity index (χ1v) is 11.0. The molecule has 0 spiro atoms. The number of carbonyl (C=O) groups excluding carboxylic acids is 1. The van der Waals surface area contributed by atoms with E-state index in [4.69, 9.17) is 4.74 Å². The van der Waals surface area contributed by atoms with E-state index in [1.54, 1.807) is 24.9 Å². The smallest absolute Gasteiger partial charge is 0.270 e. The average molecular weight is 479 g/mol. The van der Waals surface area contributed by atoms with E-state index in [1.165, 1.54) is 10.5 Å². The van der Waals surface area contributed by atoms with E-state index < -0.39 is 30.6 Å². The number of nitrogens with zero attached hydrogens (tertiary/aromatic N) is 4. The molecule has 0 unspecified atom stereocenters. The Hall–Kier alpha value is -3.21. The van der Waals surface area contributed by atoms with E-state index in [1.807, 2.05) is 0 Å². The number of imidazole rings is 1. The van der Waals surface area contributed by atoms with Crippen LogP contribution in [-0.2, 0) is 6.61 Å². The van der Waals surface area contributed by atoms with Gasteiger partial charge in [0.15, 0.2) is 0 Å². The van der Waals surface area contributed by atoms with E-state index >= 15 is 0 Å². The van der Waals surface area contributed by atoms with E-state index in [-0.39, 0.29) is 41.9 Å². The lowest BCUT2D eigenvalue weighted by Crippen LogP contribution is -2.39. The summed E-state index contributed by atoms with van der Waals surface area (Å²) in [7, 11) is 0. The molecule has 182 valence electrons. The molecule has 7 nitrogen and oxygen atoms in total. The first-order valence-electron chi connectivity index (χ1n) is 11.0. The molecule has 1 saturated carbocycles. The van der Waals surface area contributed by atoms with Gasteiger partial charge in [0.05, 0.1) is 23.5 Å². The SMILES string of the molecule is Cc1cn2c(C(=O)NCCN(CC(F)F)C3CC3)c(C)nc2c(OCc2c(F)cccc2F)n1. The third-order valence-electron chi connectivity index (χ3n) is 5.62. The number of halogens is 4. The number of nitrogens with one attached hydrogen (secondary N) is 1. The monoisotopic (exact) mass is 479 g/mol. The Morgan fingerprint density at radius 1 is 1.24 bits per heavy atom. The molecule has 0 bridgehead atoms. The van der Waals surface area contributed by atoms with Crippen molar-refractivity contribution in [1.29, 1.82) is 0 Å². The largest absolute Gasteiger partial charge is 0.470 e. The highest BCUT2D eigenvalue weighted by molar-refractivity contribution is 5.94. The summed E-state index contributed by atoms with van der Waals surface area (Å²) in [5.41, 5.74) is 1.13. The van der Waals surface area contributed by atoms with Crippen LogP contribution >= 0.6 is 0 Å². The summed E-state index contributed by atoms with van der Waals surface area (Å²) in [6.45, 7) is 3.13. The Kier molecular flexibility index (Phi) is 7.01. The van der Waals surface area contributed by atoms with Crippen molar-refractivity contribution in [2.24, 2.45) is 0 Å². The fourth-order valence-corrected chi connectivity index (χ4v) is 3.87. The van der Waals surface area contributed by atoms with Crippen LogP contribution in [0.2, 0.25) is 0 Å². The molecule has 1 fully saturated rings. The molecule has 34 heavy (non-hydrogen) atoms. The zero-order valence-corrected chi connectivity index (χ0v) is 18.8. The average Bonchev–Trinajstić information content (AvgIpc) is 3.55. The molecule has 11 heteroatoms. The molecule has 1 amide bonds. The minimum Gasteiger partial charge on any atom is -0.470 e. The molecular weight excluding hydrogens is 454 g/mol. The minimum atomic E-state index is -2.43. The van der Waals surface area contributed by atoms with Gasteiger partial charge in [-0.25, -0.2) is 27.5 Å². The number of carbonyl (C=O) groups is 1. The maximum Gasteiger partial charge on any atom is 0.270 e. The number of ether oxygens (including phenoxy) is 1. The van der Waals surface area contributed by atoms with Crippen LogP contribution in [0.3, 0.4) is 0 Å². The number of rotatable bonds is 10. The van der Waals surface area contributed by atoms with Crippen LogP contribution in [0.4, 0.5) is 17.6 Å². The molecule has 0 atom stereocenters. The third kappa shape index (κ3) is 5.30. The van der Waals surface area contributed by atoms with Gasteiger partial charge < -0.3 is 10.1 Å². The summed E-state index contributed by atoms with van der Waals surface area (Å²) in [6, 6.07) is 3.68. The Morgan fingerprint density at radius 3 is 2.59 bits per heavy atom. The van der Waals surface area contributed by atoms with E-state index in [9.17, 15) is 22.4 Å². The molecule has 0 saturated heterocycles. The van der Waals surface area contributed by atoms with Crippen molar-refractivity contribution in [3.63, 3.8) is 0 Å². The zero-order chi connectivity index (χ0) is 24.4. The summed E-state index contributed by atoms with van der Waals surface area (Å²) in [6.07, 6.45) is 0.954. The number of alkyl halides is 2. The molecule has 2 aromatic heterocycles. The number of benzene rings is 1. The highest BCUT2D eigenvalue weighted by Gasteiger charge is 2.30. The molecule has 1 aliphatic carbocycles. The maximum atomic E-state index is 14.0. The molecule has 3 aromatic rings. The summed E-state index contributed by atoms with van der Waals surface area (Å²) >= 11 is 0. The molecule has 1 aromatic carbocycles. The van der Waals surface area contributed by atoms with Crippen LogP contribution < -0.4 is 10.1 Å². The molecule has 0 aliphatic heterocycles. The second kappa shape index (κ2) is 9.96. The van der Waals surface area contributed by atoms with E-state index in [0.29, 0.717) is 17.9 Å². The van der Waals surface area contributed by atoms with Gasteiger partial charge >= 0.3 is 0 Å². The molecule has 1 aliphatic rings. The molecule has 4 rings (SSSR count). The molecule has 0 radical (unpaired) electrons. The lowest BCUT2D eigenvalue weighted by Gasteiger charge is -2.21. The second-order valence-corrected chi connectivity index (χ2v) is 8.29. The second-order valence-electron chi connectivity index (χ2n) is 8.29. The fraction of sp³-hybridized carbons (Fsp3) is 0.435. The van der Waals surface area contributed by atoms with Crippen molar-refractivity contribution in [1.82, 2.24) is 24.6 Å². The lowest BCUT2D eigenvalue weighted by molar-refractivity contribution is 0.0822. The number of hydrogen-bond acceptors (Lipinski definition) is 5. The molecular formula is C23H25F4N5O2. The van der Waals surface area contributed by atoms with Crippen molar-refractivity contribution < 1.29 is 27.1 Å². The van der Waals surface area contributed by atoms with Crippen molar-refractivity contribution in [2.75, 3.05) is 19.6 Å². The summed E-state index contributed by atoms with van der Waals surface area (Å²) in [5, 5.41) is 2.77. The van der Waals surface area contributed by atoms with Gasteiger partial charge in [0.1, 0.15) is 23.9 Å². The van der Waals surface area contributed by atoms with Crippen molar-refractivity contribution in [2.45, 2.75) is 45.8 Å². The quantitative estimate of drug-likeness (QED) is 0.450. The van der Waals surface area contributed by atoms with Crippen molar-refractivity contribution in [3.8, 4) is 5.88 Å². The standard InChI is InChI=1S/C23H25F4N5O2/c1-13-10-32-20(22(33)28-8-9-31(11-19(26)27)15-6-7-15)14(2)30-21(32)23(29-13)34-12-16-17(24)4-3-5-18(16)25/h3-5,10,15,19H,6-9,11-12H2,1-2H3,(H,28,33). The topological polar surface area (TPSA) is 71.8 Å².